The monoisotopic (exact) mass is 401 g/mol. The molecule has 9 nitrogen and oxygen atoms in total. The number of hydrogen-bond donors (Lipinski definition) is 2. The second-order valence-corrected chi connectivity index (χ2v) is 5.67. The third kappa shape index (κ3) is 7.41. The number of carbonyl (C=O) groups excluding carboxylic acids is 2. The molecule has 0 radical (unpaired) electrons. The maximum Gasteiger partial charge on any atom is 0.427 e. The standard InChI is InChI=1S/C20H23N3O6/c1-14(24)22-16-5-7-17(8-6-16)28-10-11-29-18-9-4-15(12-19(18)26-2)13-21-23-20(25)27-3/h4-9,12-13H,10-11H2,1-3H3,(H,22,24)(H,23,25)/b21-13-. The number of methoxy groups -OCH3 is 2. The molecule has 0 heterocycles. The fourth-order valence-electron chi connectivity index (χ4n) is 2.24. The lowest BCUT2D eigenvalue weighted by molar-refractivity contribution is -0.114. The van der Waals surface area contributed by atoms with Crippen LogP contribution in [0, 0.1) is 0 Å². The highest BCUT2D eigenvalue weighted by atomic mass is 16.5. The predicted molar refractivity (Wildman–Crippen MR) is 108 cm³/mol. The molecule has 0 bridgehead atoms. The lowest BCUT2D eigenvalue weighted by Crippen LogP contribution is -2.16. The Morgan fingerprint density at radius 2 is 1.72 bits per heavy atom. The van der Waals surface area contributed by atoms with Crippen molar-refractivity contribution >= 4 is 23.9 Å². The van der Waals surface area contributed by atoms with E-state index in [1.165, 1.54) is 27.4 Å². The summed E-state index contributed by atoms with van der Waals surface area (Å²) in [7, 11) is 2.79. The van der Waals surface area contributed by atoms with Gasteiger partial charge in [0.15, 0.2) is 11.5 Å². The number of nitrogens with one attached hydrogen (secondary N) is 2. The zero-order valence-corrected chi connectivity index (χ0v) is 16.4. The van der Waals surface area contributed by atoms with E-state index in [4.69, 9.17) is 14.2 Å². The van der Waals surface area contributed by atoms with Crippen molar-refractivity contribution in [2.75, 3.05) is 32.8 Å². The molecule has 2 aromatic carbocycles. The highest BCUT2D eigenvalue weighted by Crippen LogP contribution is 2.27. The molecule has 0 atom stereocenters. The molecule has 0 aromatic heterocycles. The van der Waals surface area contributed by atoms with Gasteiger partial charge in [0.2, 0.25) is 5.91 Å². The Labute approximate surface area is 168 Å². The third-order valence-corrected chi connectivity index (χ3v) is 3.53. The van der Waals surface area contributed by atoms with Crippen LogP contribution in [0.25, 0.3) is 0 Å². The first-order valence-electron chi connectivity index (χ1n) is 8.70. The quantitative estimate of drug-likeness (QED) is 0.380. The molecule has 29 heavy (non-hydrogen) atoms. The van der Waals surface area contributed by atoms with Gasteiger partial charge in [0.1, 0.15) is 19.0 Å². The Morgan fingerprint density at radius 1 is 1.00 bits per heavy atom. The number of carbonyl (C=O) groups is 2. The molecule has 2 rings (SSSR count). The molecule has 154 valence electrons. The largest absolute Gasteiger partial charge is 0.493 e. The number of hydrazone groups is 1. The summed E-state index contributed by atoms with van der Waals surface area (Å²) in [5.74, 6) is 1.61. The summed E-state index contributed by atoms with van der Waals surface area (Å²) in [6.45, 7) is 2.09. The van der Waals surface area contributed by atoms with E-state index in [9.17, 15) is 9.59 Å². The van der Waals surface area contributed by atoms with Gasteiger partial charge < -0.3 is 24.3 Å². The average Bonchev–Trinajstić information content (AvgIpc) is 2.72. The van der Waals surface area contributed by atoms with Crippen LogP contribution in [0.1, 0.15) is 12.5 Å². The minimum Gasteiger partial charge on any atom is -0.493 e. The number of anilines is 1. The van der Waals surface area contributed by atoms with Crippen LogP contribution < -0.4 is 25.0 Å². The van der Waals surface area contributed by atoms with E-state index < -0.39 is 6.09 Å². The van der Waals surface area contributed by atoms with Gasteiger partial charge >= 0.3 is 6.09 Å². The molecule has 2 N–H and O–H groups in total. The average molecular weight is 401 g/mol. The molecule has 0 aliphatic carbocycles. The number of benzene rings is 2. The first kappa shape index (κ1) is 21.5. The summed E-state index contributed by atoms with van der Waals surface area (Å²) >= 11 is 0. The zero-order chi connectivity index (χ0) is 21.1. The molecule has 0 aliphatic heterocycles. The van der Waals surface area contributed by atoms with E-state index in [1.54, 1.807) is 42.5 Å². The fraction of sp³-hybridized carbons (Fsp3) is 0.250. The van der Waals surface area contributed by atoms with Crippen molar-refractivity contribution in [2.24, 2.45) is 5.10 Å². The van der Waals surface area contributed by atoms with Gasteiger partial charge in [-0.3, -0.25) is 4.79 Å². The van der Waals surface area contributed by atoms with Crippen LogP contribution in [0.5, 0.6) is 17.2 Å². The molecular formula is C20H23N3O6. The minimum atomic E-state index is -0.655. The van der Waals surface area contributed by atoms with Crippen LogP contribution in [0.15, 0.2) is 47.6 Å². The zero-order valence-electron chi connectivity index (χ0n) is 16.4. The van der Waals surface area contributed by atoms with Crippen LogP contribution in [0.4, 0.5) is 10.5 Å². The van der Waals surface area contributed by atoms with Crippen molar-refractivity contribution in [3.8, 4) is 17.2 Å². The van der Waals surface area contributed by atoms with E-state index in [-0.39, 0.29) is 5.91 Å². The Bertz CT molecular complexity index is 852. The van der Waals surface area contributed by atoms with E-state index in [0.717, 1.165) is 0 Å². The lowest BCUT2D eigenvalue weighted by atomic mass is 10.2. The van der Waals surface area contributed by atoms with E-state index in [1.807, 2.05) is 0 Å². The molecular weight excluding hydrogens is 378 g/mol. The van der Waals surface area contributed by atoms with Gasteiger partial charge in [0.05, 0.1) is 20.4 Å². The maximum atomic E-state index is 11.0. The Morgan fingerprint density at radius 3 is 2.38 bits per heavy atom. The summed E-state index contributed by atoms with van der Waals surface area (Å²) in [6.07, 6.45) is 0.801. The van der Waals surface area contributed by atoms with Gasteiger partial charge in [-0.1, -0.05) is 0 Å². The Balaban J connectivity index is 1.83. The number of amides is 2. The summed E-state index contributed by atoms with van der Waals surface area (Å²) in [6, 6.07) is 12.3. The number of nitrogens with zero attached hydrogens (tertiary/aromatic N) is 1. The second-order valence-electron chi connectivity index (χ2n) is 5.67. The smallest absolute Gasteiger partial charge is 0.427 e. The minimum absolute atomic E-state index is 0.127. The molecule has 2 amide bonds. The SMILES string of the molecule is COC(=O)N/N=C\c1ccc(OCCOc2ccc(NC(C)=O)cc2)c(OC)c1. The fourth-order valence-corrected chi connectivity index (χ4v) is 2.24. The topological polar surface area (TPSA) is 107 Å². The number of rotatable bonds is 9. The summed E-state index contributed by atoms with van der Waals surface area (Å²) in [4.78, 5) is 22.0. The highest BCUT2D eigenvalue weighted by Gasteiger charge is 2.06. The maximum absolute atomic E-state index is 11.0. The number of hydrogen-bond acceptors (Lipinski definition) is 7. The summed E-state index contributed by atoms with van der Waals surface area (Å²) < 4.78 is 21.1. The summed E-state index contributed by atoms with van der Waals surface area (Å²) in [5, 5.41) is 6.45. The molecule has 2 aromatic rings. The predicted octanol–water partition coefficient (Wildman–Crippen LogP) is 2.80. The molecule has 9 heteroatoms. The Hall–Kier alpha value is -3.75. The van der Waals surface area contributed by atoms with Gasteiger partial charge in [0.25, 0.3) is 0 Å². The van der Waals surface area contributed by atoms with Crippen LogP contribution in [-0.2, 0) is 9.53 Å². The van der Waals surface area contributed by atoms with Crippen molar-refractivity contribution in [3.05, 3.63) is 48.0 Å². The van der Waals surface area contributed by atoms with Gasteiger partial charge in [-0.2, -0.15) is 5.10 Å². The highest BCUT2D eigenvalue weighted by molar-refractivity contribution is 5.88. The van der Waals surface area contributed by atoms with Crippen molar-refractivity contribution in [1.82, 2.24) is 5.43 Å². The molecule has 0 saturated heterocycles. The van der Waals surface area contributed by atoms with Crippen molar-refractivity contribution < 1.29 is 28.5 Å². The lowest BCUT2D eigenvalue weighted by Gasteiger charge is -2.12. The van der Waals surface area contributed by atoms with Crippen LogP contribution in [-0.4, -0.2) is 45.6 Å². The van der Waals surface area contributed by atoms with Gasteiger partial charge in [-0.25, -0.2) is 10.2 Å². The second kappa shape index (κ2) is 11.2. The number of ether oxygens (including phenoxy) is 4. The molecule has 0 saturated carbocycles. The molecule has 0 unspecified atom stereocenters. The van der Waals surface area contributed by atoms with Gasteiger partial charge in [-0.15, -0.1) is 0 Å². The van der Waals surface area contributed by atoms with E-state index in [2.05, 4.69) is 20.6 Å². The van der Waals surface area contributed by atoms with Crippen molar-refractivity contribution in [2.45, 2.75) is 6.92 Å². The summed E-state index contributed by atoms with van der Waals surface area (Å²) in [5.41, 5.74) is 3.62. The van der Waals surface area contributed by atoms with Gasteiger partial charge in [0, 0.05) is 12.6 Å². The van der Waals surface area contributed by atoms with Crippen LogP contribution in [0.2, 0.25) is 0 Å². The van der Waals surface area contributed by atoms with Crippen LogP contribution >= 0.6 is 0 Å². The van der Waals surface area contributed by atoms with Gasteiger partial charge in [-0.05, 0) is 48.0 Å². The van der Waals surface area contributed by atoms with Crippen molar-refractivity contribution in [1.29, 1.82) is 0 Å². The van der Waals surface area contributed by atoms with E-state index in [0.29, 0.717) is 41.7 Å². The first-order valence-corrected chi connectivity index (χ1v) is 8.70. The molecule has 0 spiro atoms. The Kier molecular flexibility index (Phi) is 8.30. The van der Waals surface area contributed by atoms with Crippen molar-refractivity contribution in [3.63, 3.8) is 0 Å². The first-order chi connectivity index (χ1) is 14.0. The molecule has 0 fully saturated rings. The third-order valence-electron chi connectivity index (χ3n) is 3.53. The van der Waals surface area contributed by atoms with Crippen LogP contribution in [0.3, 0.4) is 0 Å². The molecule has 0 aliphatic rings. The van der Waals surface area contributed by atoms with E-state index >= 15 is 0 Å². The normalized spacial score (nSPS) is 10.3.